The molecule has 0 aliphatic carbocycles. The molecule has 0 saturated carbocycles. The molecule has 0 bridgehead atoms. The summed E-state index contributed by atoms with van der Waals surface area (Å²) in [6.07, 6.45) is 1.31. The van der Waals surface area contributed by atoms with E-state index in [1.807, 2.05) is 0 Å². The summed E-state index contributed by atoms with van der Waals surface area (Å²) in [7, 11) is 0. The zero-order chi connectivity index (χ0) is 19.0. The van der Waals surface area contributed by atoms with Crippen LogP contribution in [0.3, 0.4) is 0 Å². The van der Waals surface area contributed by atoms with Crippen LogP contribution in [0.5, 0.6) is 5.75 Å². The summed E-state index contributed by atoms with van der Waals surface area (Å²) in [5.41, 5.74) is 0.275. The molecule has 1 aliphatic rings. The Morgan fingerprint density at radius 3 is 2.69 bits per heavy atom. The summed E-state index contributed by atoms with van der Waals surface area (Å²) >= 11 is 15.2. The molecule has 1 aliphatic heterocycles. The number of benzene rings is 2. The Morgan fingerprint density at radius 1 is 1.31 bits per heavy atom. The van der Waals surface area contributed by atoms with Crippen LogP contribution in [0, 0.1) is 10.1 Å². The van der Waals surface area contributed by atoms with Crippen molar-refractivity contribution >= 4 is 79.2 Å². The molecule has 1 heterocycles. The average Bonchev–Trinajstić information content (AvgIpc) is 2.85. The summed E-state index contributed by atoms with van der Waals surface area (Å²) in [4.78, 5) is 24.6. The molecular formula is C16H7BrClN2O4S2-. The number of carbonyl (C=O) groups excluding carboxylic acids is 1. The fourth-order valence-corrected chi connectivity index (χ4v) is 4.20. The number of anilines is 1. The molecule has 0 radical (unpaired) electrons. The first-order valence-electron chi connectivity index (χ1n) is 6.96. The maximum absolute atomic E-state index is 12.7. The number of non-ortho nitro benzene ring substituents is 1. The molecule has 0 aromatic heterocycles. The fourth-order valence-electron chi connectivity index (χ4n) is 2.26. The predicted molar refractivity (Wildman–Crippen MR) is 107 cm³/mol. The summed E-state index contributed by atoms with van der Waals surface area (Å²) in [5, 5.41) is 23.7. The second-order valence-corrected chi connectivity index (χ2v) is 8.07. The maximum atomic E-state index is 12.7. The molecule has 26 heavy (non-hydrogen) atoms. The van der Waals surface area contributed by atoms with Crippen LogP contribution < -0.4 is 10.0 Å². The molecule has 0 N–H and O–H groups in total. The lowest BCUT2D eigenvalue weighted by atomic mass is 10.1. The van der Waals surface area contributed by atoms with E-state index in [0.29, 0.717) is 10.7 Å². The van der Waals surface area contributed by atoms with Crippen LogP contribution in [0.15, 0.2) is 45.8 Å². The SMILES string of the molecule is O=C1/C(=C\c2cc([N+](=O)[O-])cc(Br)c2[O-])SC(=S)N1c1cccc(Cl)c1. The molecule has 1 saturated heterocycles. The number of thioether (sulfide) groups is 1. The molecule has 1 fully saturated rings. The van der Waals surface area contributed by atoms with Crippen LogP contribution in [0.4, 0.5) is 11.4 Å². The number of nitro groups is 1. The fraction of sp³-hybridized carbons (Fsp3) is 0. The van der Waals surface area contributed by atoms with Crippen molar-refractivity contribution in [1.82, 2.24) is 0 Å². The highest BCUT2D eigenvalue weighted by Crippen LogP contribution is 2.39. The maximum Gasteiger partial charge on any atom is 0.271 e. The Morgan fingerprint density at radius 2 is 2.04 bits per heavy atom. The van der Waals surface area contributed by atoms with E-state index in [1.165, 1.54) is 11.0 Å². The van der Waals surface area contributed by atoms with Gasteiger partial charge in [-0.15, -0.1) is 0 Å². The van der Waals surface area contributed by atoms with Crippen molar-refractivity contribution in [3.8, 4) is 5.75 Å². The lowest BCUT2D eigenvalue weighted by molar-refractivity contribution is -0.385. The molecule has 1 amide bonds. The Kier molecular flexibility index (Phi) is 5.33. The summed E-state index contributed by atoms with van der Waals surface area (Å²) < 4.78 is 0.323. The van der Waals surface area contributed by atoms with Gasteiger partial charge in [0.25, 0.3) is 11.6 Å². The van der Waals surface area contributed by atoms with Gasteiger partial charge in [0.1, 0.15) is 0 Å². The van der Waals surface area contributed by atoms with Crippen molar-refractivity contribution in [2.45, 2.75) is 0 Å². The van der Waals surface area contributed by atoms with Gasteiger partial charge in [0, 0.05) is 21.6 Å². The first kappa shape index (κ1) is 18.8. The Bertz CT molecular complexity index is 996. The van der Waals surface area contributed by atoms with E-state index in [-0.39, 0.29) is 24.9 Å². The minimum atomic E-state index is -0.612. The Labute approximate surface area is 170 Å². The van der Waals surface area contributed by atoms with Crippen LogP contribution in [0.2, 0.25) is 5.02 Å². The molecule has 3 rings (SSSR count). The standard InChI is InChI=1S/C16H8BrClN2O4S2/c17-12-7-11(20(23)24)4-8(14(12)21)5-13-15(22)19(16(25)26-13)10-3-1-2-9(18)6-10/h1-7,21H/p-1/b13-5+. The molecule has 132 valence electrons. The van der Waals surface area contributed by atoms with Crippen molar-refractivity contribution < 1.29 is 14.8 Å². The van der Waals surface area contributed by atoms with E-state index in [4.69, 9.17) is 23.8 Å². The van der Waals surface area contributed by atoms with Crippen molar-refractivity contribution in [3.05, 3.63) is 66.5 Å². The number of carbonyl (C=O) groups is 1. The van der Waals surface area contributed by atoms with Crippen LogP contribution >= 0.6 is 51.5 Å². The quantitative estimate of drug-likeness (QED) is 0.284. The van der Waals surface area contributed by atoms with Gasteiger partial charge < -0.3 is 5.11 Å². The zero-order valence-electron chi connectivity index (χ0n) is 12.6. The second kappa shape index (κ2) is 7.36. The van der Waals surface area contributed by atoms with E-state index in [2.05, 4.69) is 15.9 Å². The second-order valence-electron chi connectivity index (χ2n) is 5.10. The molecule has 0 atom stereocenters. The lowest BCUT2D eigenvalue weighted by Crippen LogP contribution is -2.27. The third kappa shape index (κ3) is 3.61. The van der Waals surface area contributed by atoms with E-state index in [1.54, 1.807) is 24.3 Å². The Balaban J connectivity index is 2.02. The van der Waals surface area contributed by atoms with E-state index in [9.17, 15) is 20.0 Å². The van der Waals surface area contributed by atoms with Crippen molar-refractivity contribution in [1.29, 1.82) is 0 Å². The number of amides is 1. The Hall–Kier alpha value is -1.94. The number of hydrogen-bond donors (Lipinski definition) is 0. The molecule has 2 aromatic carbocycles. The average molecular weight is 471 g/mol. The molecule has 10 heteroatoms. The topological polar surface area (TPSA) is 86.5 Å². The highest BCUT2D eigenvalue weighted by atomic mass is 79.9. The smallest absolute Gasteiger partial charge is 0.271 e. The summed E-state index contributed by atoms with van der Waals surface area (Å²) in [6.45, 7) is 0. The van der Waals surface area contributed by atoms with Crippen LogP contribution in [0.1, 0.15) is 5.56 Å². The molecule has 0 unspecified atom stereocenters. The van der Waals surface area contributed by atoms with E-state index >= 15 is 0 Å². The largest absolute Gasteiger partial charge is 0.871 e. The lowest BCUT2D eigenvalue weighted by Gasteiger charge is -2.15. The van der Waals surface area contributed by atoms with Crippen LogP contribution in [0.25, 0.3) is 6.08 Å². The van der Waals surface area contributed by atoms with Gasteiger partial charge >= 0.3 is 0 Å². The predicted octanol–water partition coefficient (Wildman–Crippen LogP) is 4.49. The van der Waals surface area contributed by atoms with Gasteiger partial charge in [-0.2, -0.15) is 0 Å². The minimum absolute atomic E-state index is 0.0256. The van der Waals surface area contributed by atoms with Gasteiger partial charge in [-0.1, -0.05) is 63.3 Å². The van der Waals surface area contributed by atoms with Crippen molar-refractivity contribution in [3.63, 3.8) is 0 Å². The van der Waals surface area contributed by atoms with Gasteiger partial charge in [-0.25, -0.2) is 0 Å². The first-order valence-corrected chi connectivity index (χ1v) is 9.36. The molecule has 0 spiro atoms. The number of halogens is 2. The summed E-state index contributed by atoms with van der Waals surface area (Å²) in [5.74, 6) is -0.882. The third-order valence-electron chi connectivity index (χ3n) is 3.41. The summed E-state index contributed by atoms with van der Waals surface area (Å²) in [6, 6.07) is 8.88. The van der Waals surface area contributed by atoms with Gasteiger partial charge in [0.15, 0.2) is 4.32 Å². The molecule has 2 aromatic rings. The van der Waals surface area contributed by atoms with E-state index in [0.717, 1.165) is 23.9 Å². The monoisotopic (exact) mass is 469 g/mol. The highest BCUT2D eigenvalue weighted by molar-refractivity contribution is 9.10. The number of rotatable bonds is 3. The van der Waals surface area contributed by atoms with Crippen molar-refractivity contribution in [2.24, 2.45) is 0 Å². The zero-order valence-corrected chi connectivity index (χ0v) is 16.6. The third-order valence-corrected chi connectivity index (χ3v) is 5.54. The van der Waals surface area contributed by atoms with Crippen LogP contribution in [-0.2, 0) is 4.79 Å². The normalized spacial score (nSPS) is 15.8. The molecular weight excluding hydrogens is 464 g/mol. The van der Waals surface area contributed by atoms with Gasteiger partial charge in [0.2, 0.25) is 0 Å². The minimum Gasteiger partial charge on any atom is -0.871 e. The number of thiocarbonyl (C=S) groups is 1. The molecule has 6 nitrogen and oxygen atoms in total. The number of nitrogens with zero attached hydrogens (tertiary/aromatic N) is 2. The van der Waals surface area contributed by atoms with Gasteiger partial charge in [0.05, 0.1) is 15.5 Å². The number of hydrogen-bond acceptors (Lipinski definition) is 6. The van der Waals surface area contributed by atoms with Crippen LogP contribution in [-0.4, -0.2) is 15.2 Å². The number of nitro benzene ring substituents is 1. The van der Waals surface area contributed by atoms with Crippen molar-refractivity contribution in [2.75, 3.05) is 4.90 Å². The van der Waals surface area contributed by atoms with E-state index < -0.39 is 16.6 Å². The first-order chi connectivity index (χ1) is 12.3. The van der Waals surface area contributed by atoms with Gasteiger partial charge in [-0.05, 0) is 29.8 Å². The highest BCUT2D eigenvalue weighted by Gasteiger charge is 2.33. The van der Waals surface area contributed by atoms with Gasteiger partial charge in [-0.3, -0.25) is 19.8 Å².